The molecule has 0 bridgehead atoms. The Balaban J connectivity index is 1.82. The third-order valence-electron chi connectivity index (χ3n) is 5.00. The second-order valence-corrected chi connectivity index (χ2v) is 7.84. The molecule has 0 saturated carbocycles. The summed E-state index contributed by atoms with van der Waals surface area (Å²) in [6.45, 7) is 5.33. The number of amides is 1. The average Bonchev–Trinajstić information content (AvgIpc) is 3.09. The fourth-order valence-electron chi connectivity index (χ4n) is 3.36. The summed E-state index contributed by atoms with van der Waals surface area (Å²) in [5, 5.41) is 7.15. The monoisotopic (exact) mass is 426 g/mol. The van der Waals surface area contributed by atoms with E-state index < -0.39 is 0 Å². The Labute approximate surface area is 181 Å². The fraction of sp³-hybridized carbons (Fsp3) is 0.348. The van der Waals surface area contributed by atoms with Crippen LogP contribution < -0.4 is 0 Å². The Morgan fingerprint density at radius 3 is 2.67 bits per heavy atom. The first kappa shape index (κ1) is 21.9. The number of rotatable bonds is 9. The highest BCUT2D eigenvalue weighted by molar-refractivity contribution is 7.71. The highest BCUT2D eigenvalue weighted by Crippen LogP contribution is 2.19. The van der Waals surface area contributed by atoms with Gasteiger partial charge in [-0.15, -0.1) is 0 Å². The number of halogens is 1. The lowest BCUT2D eigenvalue weighted by Gasteiger charge is -2.23. The Bertz CT molecular complexity index is 1040. The number of unbranched alkanes of at least 4 members (excludes halogenated alkanes) is 2. The zero-order chi connectivity index (χ0) is 21.5. The van der Waals surface area contributed by atoms with E-state index >= 15 is 0 Å². The maximum absolute atomic E-state index is 13.3. The van der Waals surface area contributed by atoms with Crippen LogP contribution in [0.25, 0.3) is 11.4 Å². The first-order chi connectivity index (χ1) is 14.5. The summed E-state index contributed by atoms with van der Waals surface area (Å²) < 4.78 is 15.4. The van der Waals surface area contributed by atoms with Crippen molar-refractivity contribution in [3.8, 4) is 11.4 Å². The van der Waals surface area contributed by atoms with Crippen LogP contribution in [0.4, 0.5) is 4.39 Å². The van der Waals surface area contributed by atoms with Crippen molar-refractivity contribution in [3.05, 3.63) is 70.2 Å². The largest absolute Gasteiger partial charge is 0.337 e. The standard InChI is InChI=1S/C23H27FN4OS/c1-3-4-5-13-27(15-18-9-11-20(24)12-10-18)21(29)16-28-22(25-26-23(28)30)19-8-6-7-17(2)14-19/h6-12,14H,3-5,13,15-16H2,1-2H3,(H,26,30). The quantitative estimate of drug-likeness (QED) is 0.374. The summed E-state index contributed by atoms with van der Waals surface area (Å²) in [5.74, 6) is 0.323. The van der Waals surface area contributed by atoms with Crippen LogP contribution in [0, 0.1) is 17.5 Å². The minimum atomic E-state index is -0.282. The molecule has 7 heteroatoms. The van der Waals surface area contributed by atoms with Crippen LogP contribution in [-0.2, 0) is 17.9 Å². The van der Waals surface area contributed by atoms with Crippen LogP contribution in [0.1, 0.15) is 37.3 Å². The molecule has 0 aliphatic carbocycles. The number of nitrogens with zero attached hydrogens (tertiary/aromatic N) is 3. The van der Waals surface area contributed by atoms with E-state index in [2.05, 4.69) is 17.1 Å². The van der Waals surface area contributed by atoms with Gasteiger partial charge in [-0.1, -0.05) is 55.7 Å². The van der Waals surface area contributed by atoms with Gasteiger partial charge in [0.05, 0.1) is 0 Å². The van der Waals surface area contributed by atoms with Gasteiger partial charge in [-0.2, -0.15) is 5.10 Å². The number of carbonyl (C=O) groups excluding carboxylic acids is 1. The second kappa shape index (κ2) is 10.3. The van der Waals surface area contributed by atoms with E-state index in [1.807, 2.05) is 36.1 Å². The van der Waals surface area contributed by atoms with Gasteiger partial charge in [0.1, 0.15) is 12.4 Å². The SMILES string of the molecule is CCCCCN(Cc1ccc(F)cc1)C(=O)Cn1c(-c2cccc(C)c2)n[nH]c1=S. The maximum Gasteiger partial charge on any atom is 0.242 e. The molecule has 0 saturated heterocycles. The zero-order valence-electron chi connectivity index (χ0n) is 17.4. The van der Waals surface area contributed by atoms with Crippen LogP contribution in [0.2, 0.25) is 0 Å². The van der Waals surface area contributed by atoms with Gasteiger partial charge in [0.25, 0.3) is 0 Å². The predicted molar refractivity (Wildman–Crippen MR) is 119 cm³/mol. The van der Waals surface area contributed by atoms with Gasteiger partial charge < -0.3 is 4.90 Å². The highest BCUT2D eigenvalue weighted by Gasteiger charge is 2.18. The molecule has 0 unspecified atom stereocenters. The molecule has 1 aromatic heterocycles. The van der Waals surface area contributed by atoms with E-state index in [4.69, 9.17) is 12.2 Å². The van der Waals surface area contributed by atoms with Gasteiger partial charge in [0.15, 0.2) is 10.6 Å². The predicted octanol–water partition coefficient (Wildman–Crippen LogP) is 5.27. The van der Waals surface area contributed by atoms with Crippen LogP contribution in [0.3, 0.4) is 0 Å². The van der Waals surface area contributed by atoms with Gasteiger partial charge >= 0.3 is 0 Å². The third kappa shape index (κ3) is 5.63. The molecule has 0 spiro atoms. The summed E-state index contributed by atoms with van der Waals surface area (Å²) in [4.78, 5) is 15.0. The molecular formula is C23H27FN4OS. The minimum absolute atomic E-state index is 0.0400. The average molecular weight is 427 g/mol. The number of hydrogen-bond donors (Lipinski definition) is 1. The fourth-order valence-corrected chi connectivity index (χ4v) is 3.56. The van der Waals surface area contributed by atoms with Crippen molar-refractivity contribution in [2.45, 2.75) is 46.2 Å². The van der Waals surface area contributed by atoms with E-state index in [0.29, 0.717) is 23.7 Å². The molecule has 0 atom stereocenters. The molecule has 30 heavy (non-hydrogen) atoms. The van der Waals surface area contributed by atoms with Gasteiger partial charge in [-0.25, -0.2) is 4.39 Å². The van der Waals surface area contributed by atoms with Crippen molar-refractivity contribution < 1.29 is 9.18 Å². The zero-order valence-corrected chi connectivity index (χ0v) is 18.2. The highest BCUT2D eigenvalue weighted by atomic mass is 32.1. The summed E-state index contributed by atoms with van der Waals surface area (Å²) in [6.07, 6.45) is 3.04. The molecular weight excluding hydrogens is 399 g/mol. The van der Waals surface area contributed by atoms with Gasteiger partial charge in [-0.05, 0) is 49.3 Å². The topological polar surface area (TPSA) is 53.9 Å². The molecule has 158 valence electrons. The molecule has 3 aromatic rings. The van der Waals surface area contributed by atoms with Gasteiger partial charge in [0, 0.05) is 18.7 Å². The molecule has 0 aliphatic heterocycles. The lowest BCUT2D eigenvalue weighted by molar-refractivity contribution is -0.132. The number of aromatic amines is 1. The molecule has 1 amide bonds. The maximum atomic E-state index is 13.3. The van der Waals surface area contributed by atoms with Crippen molar-refractivity contribution in [2.75, 3.05) is 6.54 Å². The van der Waals surface area contributed by atoms with Gasteiger partial charge in [-0.3, -0.25) is 14.5 Å². The van der Waals surface area contributed by atoms with Crippen molar-refractivity contribution >= 4 is 18.1 Å². The van der Waals surface area contributed by atoms with Crippen molar-refractivity contribution in [1.29, 1.82) is 0 Å². The molecule has 5 nitrogen and oxygen atoms in total. The van der Waals surface area contributed by atoms with Crippen LogP contribution >= 0.6 is 12.2 Å². The molecule has 0 radical (unpaired) electrons. The number of benzene rings is 2. The summed E-state index contributed by atoms with van der Waals surface area (Å²) in [6, 6.07) is 14.2. The number of hydrogen-bond acceptors (Lipinski definition) is 3. The Hall–Kier alpha value is -2.80. The normalized spacial score (nSPS) is 10.9. The van der Waals surface area contributed by atoms with Gasteiger partial charge in [0.2, 0.25) is 5.91 Å². The number of aromatic nitrogens is 3. The molecule has 3 rings (SSSR count). The first-order valence-corrected chi connectivity index (χ1v) is 10.6. The molecule has 1 N–H and O–H groups in total. The summed E-state index contributed by atoms with van der Waals surface area (Å²) >= 11 is 5.39. The number of aryl methyl sites for hydroxylation is 1. The van der Waals surface area contributed by atoms with E-state index in [-0.39, 0.29) is 18.3 Å². The molecule has 0 aliphatic rings. The third-order valence-corrected chi connectivity index (χ3v) is 5.31. The van der Waals surface area contributed by atoms with Crippen LogP contribution in [-0.4, -0.2) is 32.1 Å². The number of nitrogens with one attached hydrogen (secondary N) is 1. The van der Waals surface area contributed by atoms with Crippen LogP contribution in [0.5, 0.6) is 0 Å². The van der Waals surface area contributed by atoms with Crippen molar-refractivity contribution in [3.63, 3.8) is 0 Å². The lowest BCUT2D eigenvalue weighted by Crippen LogP contribution is -2.34. The molecule has 0 fully saturated rings. The molecule has 2 aromatic carbocycles. The minimum Gasteiger partial charge on any atom is -0.337 e. The first-order valence-electron chi connectivity index (χ1n) is 10.2. The lowest BCUT2D eigenvalue weighted by atomic mass is 10.1. The number of H-pyrrole nitrogens is 1. The Morgan fingerprint density at radius 1 is 1.20 bits per heavy atom. The second-order valence-electron chi connectivity index (χ2n) is 7.46. The van der Waals surface area contributed by atoms with Crippen molar-refractivity contribution in [2.24, 2.45) is 0 Å². The van der Waals surface area contributed by atoms with Crippen molar-refractivity contribution in [1.82, 2.24) is 19.7 Å². The molecule has 1 heterocycles. The smallest absolute Gasteiger partial charge is 0.242 e. The van der Waals surface area contributed by atoms with E-state index in [1.165, 1.54) is 12.1 Å². The van der Waals surface area contributed by atoms with E-state index in [0.717, 1.165) is 36.0 Å². The van der Waals surface area contributed by atoms with Crippen LogP contribution in [0.15, 0.2) is 48.5 Å². The Morgan fingerprint density at radius 2 is 1.97 bits per heavy atom. The number of carbonyl (C=O) groups is 1. The van der Waals surface area contributed by atoms with E-state index in [1.54, 1.807) is 16.7 Å². The van der Waals surface area contributed by atoms with E-state index in [9.17, 15) is 9.18 Å². The summed E-state index contributed by atoms with van der Waals surface area (Å²) in [7, 11) is 0. The Kier molecular flexibility index (Phi) is 7.52. The summed E-state index contributed by atoms with van der Waals surface area (Å²) in [5.41, 5.74) is 2.92.